The third kappa shape index (κ3) is 2.27. The number of nitrogens with one attached hydrogen (secondary N) is 1. The van der Waals surface area contributed by atoms with Crippen molar-refractivity contribution in [2.45, 2.75) is 13.0 Å². The van der Waals surface area contributed by atoms with Crippen LogP contribution in [0, 0.1) is 6.92 Å². The van der Waals surface area contributed by atoms with Crippen LogP contribution in [0.25, 0.3) is 10.9 Å². The van der Waals surface area contributed by atoms with Crippen molar-refractivity contribution in [3.63, 3.8) is 0 Å². The summed E-state index contributed by atoms with van der Waals surface area (Å²) in [6.07, 6.45) is 1.89. The van der Waals surface area contributed by atoms with Gasteiger partial charge in [0.1, 0.15) is 0 Å². The van der Waals surface area contributed by atoms with Crippen LogP contribution in [0.15, 0.2) is 48.7 Å². The first kappa shape index (κ1) is 12.3. The maximum absolute atomic E-state index is 4.43. The maximum Gasteiger partial charge on any atom is 0.0705 e. The van der Waals surface area contributed by atoms with Gasteiger partial charge < -0.3 is 5.32 Å². The summed E-state index contributed by atoms with van der Waals surface area (Å²) in [6, 6.07) is 15.0. The number of aryl methyl sites for hydroxylation is 1. The Morgan fingerprint density at radius 1 is 1.11 bits per heavy atom. The highest BCUT2D eigenvalue weighted by Gasteiger charge is 2.16. The van der Waals surface area contributed by atoms with Gasteiger partial charge in [-0.15, -0.1) is 11.3 Å². The third-order valence-electron chi connectivity index (χ3n) is 3.33. The standard InChI is InChI=1S/C16H16N2S/c1-11-7-8-15(19-11)16(17-2)13-9-10-18-14-6-4-3-5-12(13)14/h3-10,16-17H,1-2H3. The van der Waals surface area contributed by atoms with Gasteiger partial charge in [-0.2, -0.15) is 0 Å². The first-order chi connectivity index (χ1) is 9.29. The average molecular weight is 268 g/mol. The first-order valence-electron chi connectivity index (χ1n) is 6.37. The minimum atomic E-state index is 0.228. The molecule has 0 radical (unpaired) electrons. The summed E-state index contributed by atoms with van der Waals surface area (Å²) in [7, 11) is 2.01. The van der Waals surface area contributed by atoms with E-state index in [1.54, 1.807) is 0 Å². The van der Waals surface area contributed by atoms with Crippen LogP contribution in [-0.4, -0.2) is 12.0 Å². The number of hydrogen-bond acceptors (Lipinski definition) is 3. The zero-order valence-corrected chi connectivity index (χ0v) is 11.9. The van der Waals surface area contributed by atoms with Gasteiger partial charge in [0, 0.05) is 21.3 Å². The second-order valence-corrected chi connectivity index (χ2v) is 5.91. The van der Waals surface area contributed by atoms with Crippen molar-refractivity contribution in [1.82, 2.24) is 10.3 Å². The van der Waals surface area contributed by atoms with Crippen molar-refractivity contribution in [3.05, 3.63) is 64.0 Å². The summed E-state index contributed by atoms with van der Waals surface area (Å²) in [6.45, 7) is 2.14. The minimum Gasteiger partial charge on any atom is -0.309 e. The lowest BCUT2D eigenvalue weighted by Crippen LogP contribution is -2.16. The van der Waals surface area contributed by atoms with Gasteiger partial charge in [-0.25, -0.2) is 0 Å². The van der Waals surface area contributed by atoms with Crippen LogP contribution in [0.2, 0.25) is 0 Å². The highest BCUT2D eigenvalue weighted by atomic mass is 32.1. The second kappa shape index (κ2) is 5.11. The quantitative estimate of drug-likeness (QED) is 0.779. The van der Waals surface area contributed by atoms with Crippen LogP contribution in [-0.2, 0) is 0 Å². The fraction of sp³-hybridized carbons (Fsp3) is 0.188. The molecule has 0 aliphatic carbocycles. The molecule has 19 heavy (non-hydrogen) atoms. The molecule has 1 aromatic carbocycles. The molecule has 1 atom stereocenters. The molecular formula is C16H16N2S. The van der Waals surface area contributed by atoms with Gasteiger partial charge in [0.05, 0.1) is 11.6 Å². The Morgan fingerprint density at radius 2 is 1.95 bits per heavy atom. The Morgan fingerprint density at radius 3 is 2.68 bits per heavy atom. The molecule has 0 saturated heterocycles. The topological polar surface area (TPSA) is 24.9 Å². The number of benzene rings is 1. The van der Waals surface area contributed by atoms with Crippen molar-refractivity contribution >= 4 is 22.2 Å². The Hall–Kier alpha value is -1.71. The van der Waals surface area contributed by atoms with E-state index in [1.165, 1.54) is 20.7 Å². The largest absolute Gasteiger partial charge is 0.309 e. The lowest BCUT2D eigenvalue weighted by Gasteiger charge is -2.17. The van der Waals surface area contributed by atoms with E-state index in [0.717, 1.165) is 5.52 Å². The second-order valence-electron chi connectivity index (χ2n) is 4.59. The van der Waals surface area contributed by atoms with Crippen LogP contribution >= 0.6 is 11.3 Å². The monoisotopic (exact) mass is 268 g/mol. The van der Waals surface area contributed by atoms with Gasteiger partial charge in [0.2, 0.25) is 0 Å². The van der Waals surface area contributed by atoms with Gasteiger partial charge in [-0.05, 0) is 43.8 Å². The molecule has 3 heteroatoms. The molecule has 0 fully saturated rings. The lowest BCUT2D eigenvalue weighted by molar-refractivity contribution is 0.708. The molecule has 0 aliphatic rings. The summed E-state index contributed by atoms with van der Waals surface area (Å²) < 4.78 is 0. The van der Waals surface area contributed by atoms with Crippen molar-refractivity contribution < 1.29 is 0 Å². The van der Waals surface area contributed by atoms with Crippen LogP contribution in [0.5, 0.6) is 0 Å². The van der Waals surface area contributed by atoms with Crippen molar-refractivity contribution in [3.8, 4) is 0 Å². The smallest absolute Gasteiger partial charge is 0.0705 e. The number of hydrogen-bond donors (Lipinski definition) is 1. The predicted octanol–water partition coefficient (Wildman–Crippen LogP) is 3.91. The maximum atomic E-state index is 4.43. The number of nitrogens with zero attached hydrogens (tertiary/aromatic N) is 1. The van der Waals surface area contributed by atoms with E-state index >= 15 is 0 Å². The van der Waals surface area contributed by atoms with Crippen molar-refractivity contribution in [2.75, 3.05) is 7.05 Å². The van der Waals surface area contributed by atoms with Gasteiger partial charge in [0.25, 0.3) is 0 Å². The van der Waals surface area contributed by atoms with Gasteiger partial charge in [-0.1, -0.05) is 18.2 Å². The molecule has 96 valence electrons. The summed E-state index contributed by atoms with van der Waals surface area (Å²) in [5, 5.41) is 4.64. The van der Waals surface area contributed by atoms with Crippen LogP contribution in [0.3, 0.4) is 0 Å². The Kier molecular flexibility index (Phi) is 3.32. The number of fused-ring (bicyclic) bond motifs is 1. The Balaban J connectivity index is 2.16. The molecule has 0 saturated carbocycles. The summed E-state index contributed by atoms with van der Waals surface area (Å²) in [5.74, 6) is 0. The van der Waals surface area contributed by atoms with E-state index < -0.39 is 0 Å². The highest BCUT2D eigenvalue weighted by Crippen LogP contribution is 2.31. The minimum absolute atomic E-state index is 0.228. The SMILES string of the molecule is CNC(c1ccc(C)s1)c1ccnc2ccccc12. The number of aromatic nitrogens is 1. The van der Waals surface area contributed by atoms with Gasteiger partial charge in [0.15, 0.2) is 0 Å². The molecule has 0 bridgehead atoms. The average Bonchev–Trinajstić information content (AvgIpc) is 2.86. The summed E-state index contributed by atoms with van der Waals surface area (Å²) in [5.41, 5.74) is 2.34. The predicted molar refractivity (Wildman–Crippen MR) is 81.7 cm³/mol. The van der Waals surface area contributed by atoms with Crippen LogP contribution < -0.4 is 5.32 Å². The molecule has 0 aliphatic heterocycles. The molecule has 2 heterocycles. The number of para-hydroxylation sites is 1. The van der Waals surface area contributed by atoms with E-state index in [4.69, 9.17) is 0 Å². The Labute approximate surface area is 117 Å². The molecule has 0 spiro atoms. The number of rotatable bonds is 3. The number of pyridine rings is 1. The fourth-order valence-corrected chi connectivity index (χ4v) is 3.44. The molecule has 1 unspecified atom stereocenters. The lowest BCUT2D eigenvalue weighted by atomic mass is 10.0. The van der Waals surface area contributed by atoms with E-state index in [-0.39, 0.29) is 6.04 Å². The van der Waals surface area contributed by atoms with Crippen LogP contribution in [0.4, 0.5) is 0 Å². The normalized spacial score (nSPS) is 12.7. The van der Waals surface area contributed by atoms with Crippen LogP contribution in [0.1, 0.15) is 21.4 Å². The van der Waals surface area contributed by atoms with E-state index in [2.05, 4.69) is 53.6 Å². The molecule has 1 N–H and O–H groups in total. The summed E-state index contributed by atoms with van der Waals surface area (Å²) in [4.78, 5) is 7.12. The molecule has 2 nitrogen and oxygen atoms in total. The van der Waals surface area contributed by atoms with Gasteiger partial charge in [-0.3, -0.25) is 4.98 Å². The fourth-order valence-electron chi connectivity index (χ4n) is 2.43. The highest BCUT2D eigenvalue weighted by molar-refractivity contribution is 7.12. The molecule has 2 aromatic heterocycles. The first-order valence-corrected chi connectivity index (χ1v) is 7.18. The zero-order valence-electron chi connectivity index (χ0n) is 11.1. The molecular weight excluding hydrogens is 252 g/mol. The van der Waals surface area contributed by atoms with Crippen molar-refractivity contribution in [2.24, 2.45) is 0 Å². The Bertz CT molecular complexity index is 697. The van der Waals surface area contributed by atoms with E-state index in [9.17, 15) is 0 Å². The van der Waals surface area contributed by atoms with Gasteiger partial charge >= 0.3 is 0 Å². The number of thiophene rings is 1. The molecule has 0 amide bonds. The third-order valence-corrected chi connectivity index (χ3v) is 4.39. The van der Waals surface area contributed by atoms with E-state index in [0.29, 0.717) is 0 Å². The molecule has 3 rings (SSSR count). The summed E-state index contributed by atoms with van der Waals surface area (Å²) >= 11 is 1.84. The van der Waals surface area contributed by atoms with Crippen molar-refractivity contribution in [1.29, 1.82) is 0 Å². The van der Waals surface area contributed by atoms with E-state index in [1.807, 2.05) is 30.6 Å². The molecule has 3 aromatic rings. The zero-order chi connectivity index (χ0) is 13.2.